The smallest absolute Gasteiger partial charge is 0.274 e. The second-order valence-electron chi connectivity index (χ2n) is 5.81. The van der Waals surface area contributed by atoms with Gasteiger partial charge < -0.3 is 9.80 Å². The Labute approximate surface area is 147 Å². The summed E-state index contributed by atoms with van der Waals surface area (Å²) in [6, 6.07) is 6.81. The van der Waals surface area contributed by atoms with E-state index in [1.165, 1.54) is 17.4 Å². The number of hydrogen-bond donors (Lipinski definition) is 0. The number of amides is 1. The predicted octanol–water partition coefficient (Wildman–Crippen LogP) is 0.817. The Morgan fingerprint density at radius 3 is 2.72 bits per heavy atom. The van der Waals surface area contributed by atoms with E-state index in [0.717, 1.165) is 10.8 Å². The minimum Gasteiger partial charge on any atom is -0.343 e. The summed E-state index contributed by atoms with van der Waals surface area (Å²) in [4.78, 5) is 36.6. The number of aromatic nitrogens is 4. The molecule has 0 radical (unpaired) electrons. The molecule has 1 aliphatic rings. The highest BCUT2D eigenvalue weighted by atomic mass is 32.1. The minimum absolute atomic E-state index is 0.0487. The number of carbonyl (C=O) groups excluding carboxylic acids is 1. The lowest BCUT2D eigenvalue weighted by atomic mass is 10.2. The zero-order valence-corrected chi connectivity index (χ0v) is 14.4. The van der Waals surface area contributed by atoms with Crippen LogP contribution in [0.15, 0.2) is 35.3 Å². The first kappa shape index (κ1) is 15.7. The first-order chi connectivity index (χ1) is 12.1. The molecule has 1 amide bonds. The zero-order chi connectivity index (χ0) is 17.4. The molecule has 0 N–H and O–H groups in total. The molecule has 9 heteroatoms. The van der Waals surface area contributed by atoms with E-state index < -0.39 is 0 Å². The molecule has 4 rings (SSSR count). The summed E-state index contributed by atoms with van der Waals surface area (Å²) in [5.41, 5.74) is 0.981. The lowest BCUT2D eigenvalue weighted by molar-refractivity contribution is 0.0741. The first-order valence-electron chi connectivity index (χ1n) is 7.94. The van der Waals surface area contributed by atoms with E-state index >= 15 is 0 Å². The van der Waals surface area contributed by atoms with Crippen LogP contribution in [-0.2, 0) is 0 Å². The summed E-state index contributed by atoms with van der Waals surface area (Å²) in [5.74, 6) is -0.0487. The molecule has 0 unspecified atom stereocenters. The molecule has 0 spiro atoms. The topological polar surface area (TPSA) is 83.7 Å². The summed E-state index contributed by atoms with van der Waals surface area (Å²) < 4.78 is 1.69. The molecule has 0 atom stereocenters. The lowest BCUT2D eigenvalue weighted by Crippen LogP contribution is -2.49. The molecular formula is C16H16N6O2S. The predicted molar refractivity (Wildman–Crippen MR) is 94.2 cm³/mol. The summed E-state index contributed by atoms with van der Waals surface area (Å²) in [5, 5.41) is 5.36. The van der Waals surface area contributed by atoms with Gasteiger partial charge in [-0.2, -0.15) is 4.98 Å². The maximum atomic E-state index is 12.4. The van der Waals surface area contributed by atoms with Gasteiger partial charge in [0, 0.05) is 44.1 Å². The molecule has 1 aliphatic heterocycles. The average Bonchev–Trinajstić information content (AvgIpc) is 3.06. The van der Waals surface area contributed by atoms with Crippen molar-refractivity contribution in [2.75, 3.05) is 31.1 Å². The molecule has 3 aromatic rings. The number of anilines is 1. The fraction of sp³-hybridized carbons (Fsp3) is 0.312. The van der Waals surface area contributed by atoms with Crippen molar-refractivity contribution < 1.29 is 4.79 Å². The van der Waals surface area contributed by atoms with Crippen LogP contribution in [0.3, 0.4) is 0 Å². The van der Waals surface area contributed by atoms with Gasteiger partial charge in [0.2, 0.25) is 10.1 Å². The summed E-state index contributed by atoms with van der Waals surface area (Å²) >= 11 is 1.39. The summed E-state index contributed by atoms with van der Waals surface area (Å²) in [6.45, 7) is 4.41. The average molecular weight is 356 g/mol. The summed E-state index contributed by atoms with van der Waals surface area (Å²) in [7, 11) is 0. The van der Waals surface area contributed by atoms with Crippen LogP contribution in [0.25, 0.3) is 4.96 Å². The van der Waals surface area contributed by atoms with Gasteiger partial charge in [0.05, 0.1) is 0 Å². The highest BCUT2D eigenvalue weighted by Crippen LogP contribution is 2.23. The van der Waals surface area contributed by atoms with Crippen LogP contribution in [0.2, 0.25) is 0 Å². The van der Waals surface area contributed by atoms with Gasteiger partial charge in [-0.3, -0.25) is 14.6 Å². The Kier molecular flexibility index (Phi) is 3.92. The van der Waals surface area contributed by atoms with Crippen molar-refractivity contribution in [3.8, 4) is 0 Å². The molecule has 1 saturated heterocycles. The van der Waals surface area contributed by atoms with Crippen molar-refractivity contribution in [3.05, 3.63) is 52.2 Å². The number of aryl methyl sites for hydroxylation is 1. The van der Waals surface area contributed by atoms with E-state index in [4.69, 9.17) is 0 Å². The van der Waals surface area contributed by atoms with Crippen molar-refractivity contribution in [2.24, 2.45) is 0 Å². The normalized spacial score (nSPS) is 14.9. The van der Waals surface area contributed by atoms with E-state index in [2.05, 4.69) is 20.0 Å². The van der Waals surface area contributed by atoms with Crippen LogP contribution in [0.4, 0.5) is 5.13 Å². The van der Waals surface area contributed by atoms with Crippen LogP contribution in [0.5, 0.6) is 0 Å². The third-order valence-electron chi connectivity index (χ3n) is 4.14. The second kappa shape index (κ2) is 6.25. The highest BCUT2D eigenvalue weighted by Gasteiger charge is 2.24. The van der Waals surface area contributed by atoms with Crippen molar-refractivity contribution >= 4 is 27.3 Å². The van der Waals surface area contributed by atoms with Crippen LogP contribution < -0.4 is 10.5 Å². The zero-order valence-electron chi connectivity index (χ0n) is 13.6. The van der Waals surface area contributed by atoms with E-state index in [-0.39, 0.29) is 11.5 Å². The van der Waals surface area contributed by atoms with Gasteiger partial charge in [-0.25, -0.2) is 4.52 Å². The standard InChI is InChI=1S/C16H16N6O2S/c1-11-10-13(23)18-15-22(11)19-16(25-15)21-8-6-20(7-9-21)14(24)12-4-2-3-5-17-12/h2-5,10H,6-9H2,1H3. The number of fused-ring (bicyclic) bond motifs is 1. The fourth-order valence-corrected chi connectivity index (χ4v) is 3.82. The number of hydrogen-bond acceptors (Lipinski definition) is 7. The number of carbonyl (C=O) groups is 1. The number of pyridine rings is 1. The largest absolute Gasteiger partial charge is 0.343 e. The molecule has 3 aromatic heterocycles. The van der Waals surface area contributed by atoms with Crippen LogP contribution in [0.1, 0.15) is 16.2 Å². The molecular weight excluding hydrogens is 340 g/mol. The Morgan fingerprint density at radius 1 is 1.20 bits per heavy atom. The number of nitrogens with zero attached hydrogens (tertiary/aromatic N) is 6. The molecule has 0 aromatic carbocycles. The van der Waals surface area contributed by atoms with Crippen molar-refractivity contribution in [2.45, 2.75) is 6.92 Å². The Balaban J connectivity index is 1.50. The maximum absolute atomic E-state index is 12.4. The molecule has 1 fully saturated rings. The number of piperazine rings is 1. The quantitative estimate of drug-likeness (QED) is 0.676. The third-order valence-corrected chi connectivity index (χ3v) is 5.11. The molecule has 128 valence electrons. The maximum Gasteiger partial charge on any atom is 0.274 e. The van der Waals surface area contributed by atoms with Gasteiger partial charge in [0.1, 0.15) is 5.69 Å². The Bertz CT molecular complexity index is 975. The molecule has 0 saturated carbocycles. The van der Waals surface area contributed by atoms with Crippen molar-refractivity contribution in [3.63, 3.8) is 0 Å². The van der Waals surface area contributed by atoms with Gasteiger partial charge in [0.15, 0.2) is 0 Å². The molecule has 0 aliphatic carbocycles. The van der Waals surface area contributed by atoms with E-state index in [1.807, 2.05) is 13.0 Å². The highest BCUT2D eigenvalue weighted by molar-refractivity contribution is 7.20. The van der Waals surface area contributed by atoms with Crippen LogP contribution in [0, 0.1) is 6.92 Å². The molecule has 0 bridgehead atoms. The summed E-state index contributed by atoms with van der Waals surface area (Å²) in [6.07, 6.45) is 1.63. The first-order valence-corrected chi connectivity index (χ1v) is 8.76. The molecule has 25 heavy (non-hydrogen) atoms. The van der Waals surface area contributed by atoms with Crippen LogP contribution >= 0.6 is 11.3 Å². The molecule has 8 nitrogen and oxygen atoms in total. The van der Waals surface area contributed by atoms with Crippen molar-refractivity contribution in [1.29, 1.82) is 0 Å². The second-order valence-corrected chi connectivity index (χ2v) is 6.74. The van der Waals surface area contributed by atoms with Gasteiger partial charge in [-0.15, -0.1) is 5.10 Å². The monoisotopic (exact) mass is 356 g/mol. The van der Waals surface area contributed by atoms with E-state index in [0.29, 0.717) is 36.8 Å². The Morgan fingerprint density at radius 2 is 2.00 bits per heavy atom. The lowest BCUT2D eigenvalue weighted by Gasteiger charge is -2.34. The third kappa shape index (κ3) is 2.98. The SMILES string of the molecule is Cc1cc(=O)nc2sc(N3CCN(C(=O)c4ccccn4)CC3)nn12. The van der Waals surface area contributed by atoms with Gasteiger partial charge in [-0.1, -0.05) is 17.4 Å². The van der Waals surface area contributed by atoms with Gasteiger partial charge in [-0.05, 0) is 19.1 Å². The molecule has 4 heterocycles. The van der Waals surface area contributed by atoms with E-state index in [1.54, 1.807) is 27.7 Å². The fourth-order valence-electron chi connectivity index (χ4n) is 2.82. The van der Waals surface area contributed by atoms with Gasteiger partial charge >= 0.3 is 0 Å². The van der Waals surface area contributed by atoms with Crippen LogP contribution in [-0.4, -0.2) is 56.6 Å². The van der Waals surface area contributed by atoms with E-state index in [9.17, 15) is 9.59 Å². The minimum atomic E-state index is -0.251. The number of rotatable bonds is 2. The van der Waals surface area contributed by atoms with Gasteiger partial charge in [0.25, 0.3) is 11.5 Å². The van der Waals surface area contributed by atoms with Crippen molar-refractivity contribution in [1.82, 2.24) is 24.5 Å². The Hall–Kier alpha value is -2.81.